The molecule has 0 N–H and O–H groups in total. The van der Waals surface area contributed by atoms with Crippen LogP contribution >= 0.6 is 0 Å². The Morgan fingerprint density at radius 2 is 1.67 bits per heavy atom. The van der Waals surface area contributed by atoms with Crippen LogP contribution in [0.5, 0.6) is 0 Å². The first-order valence-corrected chi connectivity index (χ1v) is 7.37. The molecular formula is C18H18N2O. The standard InChI is InChI=1S/C18H18N2O/c1-3-7-15(8-4-1)11-17-13-21-18-12-19(14-20(17)18)16-9-5-2-6-10-16/h1-10,12,17H,11,13-14H2/t17-/m0/s1. The van der Waals surface area contributed by atoms with Gasteiger partial charge in [0.05, 0.1) is 18.9 Å². The van der Waals surface area contributed by atoms with E-state index in [1.54, 1.807) is 0 Å². The quantitative estimate of drug-likeness (QED) is 0.857. The molecule has 0 amide bonds. The van der Waals surface area contributed by atoms with E-state index >= 15 is 0 Å². The van der Waals surface area contributed by atoms with Crippen LogP contribution < -0.4 is 4.90 Å². The number of rotatable bonds is 3. The maximum absolute atomic E-state index is 5.86. The molecule has 2 aliphatic rings. The zero-order valence-electron chi connectivity index (χ0n) is 11.9. The number of fused-ring (bicyclic) bond motifs is 1. The molecule has 106 valence electrons. The second-order valence-electron chi connectivity index (χ2n) is 5.54. The first-order valence-electron chi connectivity index (χ1n) is 7.37. The molecule has 0 aromatic heterocycles. The van der Waals surface area contributed by atoms with Gasteiger partial charge in [-0.15, -0.1) is 0 Å². The van der Waals surface area contributed by atoms with Crippen molar-refractivity contribution in [3.8, 4) is 0 Å². The van der Waals surface area contributed by atoms with Gasteiger partial charge in [-0.1, -0.05) is 48.5 Å². The number of nitrogens with zero attached hydrogens (tertiary/aromatic N) is 2. The third-order valence-corrected chi connectivity index (χ3v) is 4.12. The second kappa shape index (κ2) is 5.17. The molecule has 0 spiro atoms. The molecule has 2 aromatic rings. The largest absolute Gasteiger partial charge is 0.476 e. The smallest absolute Gasteiger partial charge is 0.208 e. The maximum atomic E-state index is 5.86. The summed E-state index contributed by atoms with van der Waals surface area (Å²) in [5.41, 5.74) is 2.58. The average Bonchev–Trinajstić information content (AvgIpc) is 3.11. The molecule has 1 saturated heterocycles. The van der Waals surface area contributed by atoms with Gasteiger partial charge in [0.15, 0.2) is 0 Å². The molecule has 3 nitrogen and oxygen atoms in total. The van der Waals surface area contributed by atoms with Gasteiger partial charge in [0, 0.05) is 5.69 Å². The van der Waals surface area contributed by atoms with Crippen LogP contribution in [0.2, 0.25) is 0 Å². The number of hydrogen-bond donors (Lipinski definition) is 0. The highest BCUT2D eigenvalue weighted by Gasteiger charge is 2.35. The maximum Gasteiger partial charge on any atom is 0.208 e. The summed E-state index contributed by atoms with van der Waals surface area (Å²) >= 11 is 0. The molecular weight excluding hydrogens is 260 g/mol. The van der Waals surface area contributed by atoms with Crippen molar-refractivity contribution in [3.63, 3.8) is 0 Å². The van der Waals surface area contributed by atoms with Crippen LogP contribution in [0.25, 0.3) is 0 Å². The Hall–Kier alpha value is -2.42. The van der Waals surface area contributed by atoms with Crippen molar-refractivity contribution in [2.75, 3.05) is 18.2 Å². The third kappa shape index (κ3) is 2.35. The fraction of sp³-hybridized carbons (Fsp3) is 0.222. The Morgan fingerprint density at radius 1 is 0.952 bits per heavy atom. The summed E-state index contributed by atoms with van der Waals surface area (Å²) in [7, 11) is 0. The fourth-order valence-electron chi connectivity index (χ4n) is 3.00. The first kappa shape index (κ1) is 12.3. The van der Waals surface area contributed by atoms with Crippen LogP contribution in [0.4, 0.5) is 5.69 Å². The molecule has 2 heterocycles. The minimum Gasteiger partial charge on any atom is -0.476 e. The Bertz CT molecular complexity index is 639. The second-order valence-corrected chi connectivity index (χ2v) is 5.54. The third-order valence-electron chi connectivity index (χ3n) is 4.12. The highest BCUT2D eigenvalue weighted by molar-refractivity contribution is 5.50. The van der Waals surface area contributed by atoms with Crippen LogP contribution in [0.1, 0.15) is 5.56 Å². The zero-order chi connectivity index (χ0) is 14.1. The lowest BCUT2D eigenvalue weighted by molar-refractivity contribution is 0.245. The van der Waals surface area contributed by atoms with Crippen molar-refractivity contribution in [1.82, 2.24) is 4.90 Å². The van der Waals surface area contributed by atoms with E-state index in [0.29, 0.717) is 6.04 Å². The van der Waals surface area contributed by atoms with Crippen LogP contribution in [0.3, 0.4) is 0 Å². The van der Waals surface area contributed by atoms with Gasteiger partial charge in [-0.3, -0.25) is 0 Å². The summed E-state index contributed by atoms with van der Waals surface area (Å²) in [5.74, 6) is 1.000. The van der Waals surface area contributed by atoms with Crippen LogP contribution in [0, 0.1) is 0 Å². The van der Waals surface area contributed by atoms with E-state index in [9.17, 15) is 0 Å². The van der Waals surface area contributed by atoms with Gasteiger partial charge >= 0.3 is 0 Å². The van der Waals surface area contributed by atoms with E-state index in [4.69, 9.17) is 4.74 Å². The molecule has 21 heavy (non-hydrogen) atoms. The first-order chi connectivity index (χ1) is 10.4. The van der Waals surface area contributed by atoms with Crippen molar-refractivity contribution in [2.45, 2.75) is 12.5 Å². The molecule has 0 bridgehead atoms. The molecule has 3 heteroatoms. The summed E-state index contributed by atoms with van der Waals surface area (Å²) in [4.78, 5) is 4.60. The lowest BCUT2D eigenvalue weighted by atomic mass is 10.1. The molecule has 0 radical (unpaired) electrons. The molecule has 0 aliphatic carbocycles. The van der Waals surface area contributed by atoms with Gasteiger partial charge in [0.2, 0.25) is 5.88 Å². The van der Waals surface area contributed by atoms with Gasteiger partial charge in [-0.05, 0) is 24.1 Å². The number of ether oxygens (including phenoxy) is 1. The van der Waals surface area contributed by atoms with E-state index in [0.717, 1.165) is 25.6 Å². The lowest BCUT2D eigenvalue weighted by Gasteiger charge is -2.24. The van der Waals surface area contributed by atoms with Gasteiger partial charge in [0.1, 0.15) is 6.61 Å². The molecule has 4 rings (SSSR count). The summed E-state index contributed by atoms with van der Waals surface area (Å²) in [5, 5.41) is 0. The van der Waals surface area contributed by atoms with Crippen molar-refractivity contribution < 1.29 is 4.74 Å². The van der Waals surface area contributed by atoms with E-state index in [1.807, 2.05) is 6.07 Å². The molecule has 2 aromatic carbocycles. The zero-order valence-corrected chi connectivity index (χ0v) is 11.9. The fourth-order valence-corrected chi connectivity index (χ4v) is 3.00. The van der Waals surface area contributed by atoms with E-state index in [1.165, 1.54) is 11.3 Å². The SMILES string of the molecule is C1=C2OC[C@H](Cc3ccccc3)N2CN1c1ccccc1. The molecule has 1 fully saturated rings. The Morgan fingerprint density at radius 3 is 2.43 bits per heavy atom. The summed E-state index contributed by atoms with van der Waals surface area (Å²) in [6, 6.07) is 21.5. The molecule has 2 aliphatic heterocycles. The number of benzene rings is 2. The molecule has 0 saturated carbocycles. The topological polar surface area (TPSA) is 15.7 Å². The molecule has 1 atom stereocenters. The van der Waals surface area contributed by atoms with Crippen molar-refractivity contribution in [2.24, 2.45) is 0 Å². The van der Waals surface area contributed by atoms with E-state index < -0.39 is 0 Å². The van der Waals surface area contributed by atoms with Crippen molar-refractivity contribution in [3.05, 3.63) is 78.3 Å². The minimum absolute atomic E-state index is 0.423. The van der Waals surface area contributed by atoms with Gasteiger partial charge in [-0.2, -0.15) is 0 Å². The highest BCUT2D eigenvalue weighted by Crippen LogP contribution is 2.31. The van der Waals surface area contributed by atoms with E-state index in [-0.39, 0.29) is 0 Å². The van der Waals surface area contributed by atoms with Gasteiger partial charge < -0.3 is 14.5 Å². The van der Waals surface area contributed by atoms with Crippen LogP contribution in [0.15, 0.2) is 72.7 Å². The summed E-state index contributed by atoms with van der Waals surface area (Å²) in [6.45, 7) is 1.65. The predicted octanol–water partition coefficient (Wildman–Crippen LogP) is 3.21. The summed E-state index contributed by atoms with van der Waals surface area (Å²) < 4.78 is 5.86. The van der Waals surface area contributed by atoms with Gasteiger partial charge in [-0.25, -0.2) is 0 Å². The van der Waals surface area contributed by atoms with E-state index in [2.05, 4.69) is 70.6 Å². The normalized spacial score (nSPS) is 20.2. The van der Waals surface area contributed by atoms with Crippen LogP contribution in [-0.2, 0) is 11.2 Å². The average molecular weight is 278 g/mol. The number of para-hydroxylation sites is 1. The summed E-state index contributed by atoms with van der Waals surface area (Å²) in [6.07, 6.45) is 3.14. The van der Waals surface area contributed by atoms with Crippen molar-refractivity contribution in [1.29, 1.82) is 0 Å². The Kier molecular flexibility index (Phi) is 3.03. The van der Waals surface area contributed by atoms with Crippen LogP contribution in [-0.4, -0.2) is 24.2 Å². The minimum atomic E-state index is 0.423. The highest BCUT2D eigenvalue weighted by atomic mass is 16.5. The lowest BCUT2D eigenvalue weighted by Crippen LogP contribution is -2.34. The monoisotopic (exact) mass is 278 g/mol. The number of hydrogen-bond acceptors (Lipinski definition) is 3. The Labute approximate surface area is 125 Å². The molecule has 0 unspecified atom stereocenters. The predicted molar refractivity (Wildman–Crippen MR) is 83.6 cm³/mol. The number of anilines is 1. The Balaban J connectivity index is 1.49. The van der Waals surface area contributed by atoms with Crippen molar-refractivity contribution >= 4 is 5.69 Å². The van der Waals surface area contributed by atoms with Gasteiger partial charge in [0.25, 0.3) is 0 Å².